The van der Waals surface area contributed by atoms with Crippen LogP contribution >= 0.6 is 12.2 Å². The average molecular weight is 247 g/mol. The predicted octanol–water partition coefficient (Wildman–Crippen LogP) is 3.11. The van der Waals surface area contributed by atoms with Crippen LogP contribution in [-0.4, -0.2) is 9.55 Å². The molecule has 0 unspecified atom stereocenters. The van der Waals surface area contributed by atoms with Crippen LogP contribution in [0.15, 0.2) is 24.4 Å². The lowest BCUT2D eigenvalue weighted by atomic mass is 10.2. The second kappa shape index (κ2) is 4.52. The fraction of sp³-hybridized carbons (Fsp3) is 0.167. The van der Waals surface area contributed by atoms with Crippen LogP contribution in [-0.2, 0) is 6.42 Å². The molecule has 0 aliphatic carbocycles. The third-order valence-electron chi connectivity index (χ3n) is 2.53. The fourth-order valence-electron chi connectivity index (χ4n) is 1.69. The molecule has 2 aromatic rings. The Labute approximate surface area is 103 Å². The van der Waals surface area contributed by atoms with Gasteiger partial charge in [0.05, 0.1) is 17.3 Å². The highest BCUT2D eigenvalue weighted by atomic mass is 32.1. The minimum Gasteiger partial charge on any atom is -0.337 e. The van der Waals surface area contributed by atoms with Crippen molar-refractivity contribution in [3.8, 4) is 11.8 Å². The highest BCUT2D eigenvalue weighted by molar-refractivity contribution is 7.71. The van der Waals surface area contributed by atoms with Gasteiger partial charge in [0.2, 0.25) is 0 Å². The molecule has 0 atom stereocenters. The molecule has 1 heterocycles. The number of benzene rings is 1. The van der Waals surface area contributed by atoms with Crippen LogP contribution in [0, 0.1) is 21.9 Å². The molecule has 0 saturated heterocycles. The molecule has 5 heteroatoms. The summed E-state index contributed by atoms with van der Waals surface area (Å²) in [5, 5.41) is 8.69. The van der Waals surface area contributed by atoms with E-state index < -0.39 is 5.82 Å². The van der Waals surface area contributed by atoms with Crippen molar-refractivity contribution in [1.29, 1.82) is 5.26 Å². The number of nitrogens with zero attached hydrogens (tertiary/aromatic N) is 2. The molecule has 0 bridgehead atoms. The first kappa shape index (κ1) is 11.6. The van der Waals surface area contributed by atoms with Gasteiger partial charge < -0.3 is 4.98 Å². The SMILES string of the molecule is CCc1c[nH]c(=S)n1-c1ccc(C#N)cc1F. The number of aromatic nitrogens is 2. The van der Waals surface area contributed by atoms with Gasteiger partial charge in [0.1, 0.15) is 5.82 Å². The molecule has 3 nitrogen and oxygen atoms in total. The second-order valence-electron chi connectivity index (χ2n) is 3.55. The third-order valence-corrected chi connectivity index (χ3v) is 2.83. The largest absolute Gasteiger partial charge is 0.337 e. The summed E-state index contributed by atoms with van der Waals surface area (Å²) in [7, 11) is 0. The van der Waals surface area contributed by atoms with E-state index in [1.54, 1.807) is 22.9 Å². The first-order valence-electron chi connectivity index (χ1n) is 5.16. The van der Waals surface area contributed by atoms with Crippen molar-refractivity contribution in [2.75, 3.05) is 0 Å². The Morgan fingerprint density at radius 2 is 2.29 bits per heavy atom. The van der Waals surface area contributed by atoms with E-state index in [0.29, 0.717) is 16.0 Å². The van der Waals surface area contributed by atoms with E-state index in [1.165, 1.54) is 6.07 Å². The van der Waals surface area contributed by atoms with Gasteiger partial charge in [-0.15, -0.1) is 0 Å². The quantitative estimate of drug-likeness (QED) is 0.829. The Kier molecular flexibility index (Phi) is 3.07. The first-order chi connectivity index (χ1) is 8.17. The van der Waals surface area contributed by atoms with E-state index >= 15 is 0 Å². The van der Waals surface area contributed by atoms with E-state index in [2.05, 4.69) is 4.98 Å². The van der Waals surface area contributed by atoms with Crippen molar-refractivity contribution < 1.29 is 4.39 Å². The van der Waals surface area contributed by atoms with E-state index in [1.807, 2.05) is 13.0 Å². The third kappa shape index (κ3) is 1.99. The molecule has 0 aliphatic rings. The van der Waals surface area contributed by atoms with Crippen molar-refractivity contribution >= 4 is 12.2 Å². The standard InChI is InChI=1S/C12H10FN3S/c1-2-9-7-15-12(17)16(9)11-4-3-8(6-14)5-10(11)13/h3-5,7H,2H2,1H3,(H,15,17). The molecule has 1 N–H and O–H groups in total. The van der Waals surface area contributed by atoms with Crippen LogP contribution in [0.3, 0.4) is 0 Å². The normalized spacial score (nSPS) is 10.2. The Balaban J connectivity index is 2.65. The number of nitriles is 1. The lowest BCUT2D eigenvalue weighted by molar-refractivity contribution is 0.614. The van der Waals surface area contributed by atoms with Crippen LogP contribution in [0.25, 0.3) is 5.69 Å². The van der Waals surface area contributed by atoms with Gasteiger partial charge in [0.15, 0.2) is 4.77 Å². The molecule has 17 heavy (non-hydrogen) atoms. The number of halogens is 1. The number of imidazole rings is 1. The summed E-state index contributed by atoms with van der Waals surface area (Å²) in [4.78, 5) is 2.89. The summed E-state index contributed by atoms with van der Waals surface area (Å²) in [6.45, 7) is 1.97. The highest BCUT2D eigenvalue weighted by Gasteiger charge is 2.10. The summed E-state index contributed by atoms with van der Waals surface area (Å²) >= 11 is 5.12. The van der Waals surface area contributed by atoms with Crippen LogP contribution < -0.4 is 0 Å². The molecule has 86 valence electrons. The van der Waals surface area contributed by atoms with Crippen molar-refractivity contribution in [3.05, 3.63) is 46.2 Å². The number of H-pyrrole nitrogens is 1. The molecule has 0 spiro atoms. The lowest BCUT2D eigenvalue weighted by Crippen LogP contribution is -2.02. The van der Waals surface area contributed by atoms with E-state index in [0.717, 1.165) is 12.1 Å². The minimum atomic E-state index is -0.450. The molecule has 0 amide bonds. The van der Waals surface area contributed by atoms with Crippen molar-refractivity contribution in [3.63, 3.8) is 0 Å². The van der Waals surface area contributed by atoms with E-state index in [9.17, 15) is 4.39 Å². The van der Waals surface area contributed by atoms with Gasteiger partial charge in [0.25, 0.3) is 0 Å². The molecule has 1 aromatic carbocycles. The summed E-state index contributed by atoms with van der Waals surface area (Å²) in [5.41, 5.74) is 1.57. The van der Waals surface area contributed by atoms with Crippen LogP contribution in [0.1, 0.15) is 18.2 Å². The van der Waals surface area contributed by atoms with E-state index in [-0.39, 0.29) is 0 Å². The Morgan fingerprint density at radius 3 is 2.88 bits per heavy atom. The summed E-state index contributed by atoms with van der Waals surface area (Å²) in [6.07, 6.45) is 2.51. The topological polar surface area (TPSA) is 44.5 Å². The highest BCUT2D eigenvalue weighted by Crippen LogP contribution is 2.18. The molecular formula is C12H10FN3S. The molecule has 0 saturated carbocycles. The number of hydrogen-bond donors (Lipinski definition) is 1. The van der Waals surface area contributed by atoms with Gasteiger partial charge in [0, 0.05) is 11.9 Å². The maximum absolute atomic E-state index is 13.9. The number of nitrogens with one attached hydrogen (secondary N) is 1. The smallest absolute Gasteiger partial charge is 0.182 e. The average Bonchev–Trinajstić information content (AvgIpc) is 2.70. The van der Waals surface area contributed by atoms with Crippen molar-refractivity contribution in [2.45, 2.75) is 13.3 Å². The van der Waals surface area contributed by atoms with E-state index in [4.69, 9.17) is 17.5 Å². The van der Waals surface area contributed by atoms with Gasteiger partial charge in [-0.25, -0.2) is 4.39 Å². The Bertz CT molecular complexity index is 649. The maximum atomic E-state index is 13.9. The molecule has 1 aromatic heterocycles. The van der Waals surface area contributed by atoms with Crippen molar-refractivity contribution in [1.82, 2.24) is 9.55 Å². The van der Waals surface area contributed by atoms with Gasteiger partial charge in [-0.1, -0.05) is 6.92 Å². The Morgan fingerprint density at radius 1 is 1.53 bits per heavy atom. The number of aromatic amines is 1. The zero-order valence-electron chi connectivity index (χ0n) is 9.20. The Hall–Kier alpha value is -1.93. The predicted molar refractivity (Wildman–Crippen MR) is 65.0 cm³/mol. The van der Waals surface area contributed by atoms with Crippen LogP contribution in [0.4, 0.5) is 4.39 Å². The summed E-state index contributed by atoms with van der Waals surface area (Å²) < 4.78 is 16.0. The first-order valence-corrected chi connectivity index (χ1v) is 5.57. The maximum Gasteiger partial charge on any atom is 0.182 e. The lowest BCUT2D eigenvalue weighted by Gasteiger charge is -2.08. The monoisotopic (exact) mass is 247 g/mol. The second-order valence-corrected chi connectivity index (χ2v) is 3.94. The number of aryl methyl sites for hydroxylation is 1. The molecular weight excluding hydrogens is 237 g/mol. The minimum absolute atomic E-state index is 0.298. The van der Waals surface area contributed by atoms with Gasteiger partial charge >= 0.3 is 0 Å². The molecule has 0 radical (unpaired) electrons. The number of hydrogen-bond acceptors (Lipinski definition) is 2. The molecule has 2 rings (SSSR count). The van der Waals surface area contributed by atoms with Gasteiger partial charge in [-0.2, -0.15) is 5.26 Å². The summed E-state index contributed by atoms with van der Waals surface area (Å²) in [5.74, 6) is -0.450. The van der Waals surface area contributed by atoms with Crippen LogP contribution in [0.2, 0.25) is 0 Å². The van der Waals surface area contributed by atoms with Gasteiger partial charge in [-0.05, 0) is 36.8 Å². The van der Waals surface area contributed by atoms with Crippen molar-refractivity contribution in [2.24, 2.45) is 0 Å². The van der Waals surface area contributed by atoms with Gasteiger partial charge in [-0.3, -0.25) is 4.57 Å². The molecule has 0 aliphatic heterocycles. The fourth-order valence-corrected chi connectivity index (χ4v) is 1.96. The zero-order valence-corrected chi connectivity index (χ0v) is 10.0. The molecule has 0 fully saturated rings. The van der Waals surface area contributed by atoms with Crippen LogP contribution in [0.5, 0.6) is 0 Å². The summed E-state index contributed by atoms with van der Waals surface area (Å²) in [6, 6.07) is 6.25. The zero-order chi connectivity index (χ0) is 12.4. The number of rotatable bonds is 2.